The Bertz CT molecular complexity index is 363. The number of aryl methyl sites for hydroxylation is 1. The fourth-order valence-electron chi connectivity index (χ4n) is 1.48. The lowest BCUT2D eigenvalue weighted by atomic mass is 10.2. The van der Waals surface area contributed by atoms with E-state index in [-0.39, 0.29) is 5.91 Å². The minimum atomic E-state index is 0.107. The van der Waals surface area contributed by atoms with Crippen molar-refractivity contribution in [2.45, 2.75) is 39.5 Å². The van der Waals surface area contributed by atoms with Crippen molar-refractivity contribution in [3.05, 3.63) is 28.2 Å². The molecule has 1 aromatic rings. The van der Waals surface area contributed by atoms with Gasteiger partial charge in [0.15, 0.2) is 0 Å². The highest BCUT2D eigenvalue weighted by Gasteiger charge is 2.03. The maximum Gasteiger partial charge on any atom is 0.224 e. The molecular weight excluding hydrogens is 266 g/mol. The molecule has 0 aromatic heterocycles. The highest BCUT2D eigenvalue weighted by Crippen LogP contribution is 2.20. The van der Waals surface area contributed by atoms with E-state index in [1.54, 1.807) is 0 Å². The molecule has 0 aliphatic heterocycles. The van der Waals surface area contributed by atoms with Crippen LogP contribution >= 0.6 is 15.9 Å². The molecule has 0 atom stereocenters. The number of amides is 1. The number of anilines is 1. The van der Waals surface area contributed by atoms with Gasteiger partial charge >= 0.3 is 0 Å². The third-order valence-corrected chi connectivity index (χ3v) is 3.34. The van der Waals surface area contributed by atoms with E-state index in [1.165, 1.54) is 0 Å². The monoisotopic (exact) mass is 283 g/mol. The van der Waals surface area contributed by atoms with Crippen LogP contribution in [0, 0.1) is 6.92 Å². The highest BCUT2D eigenvalue weighted by atomic mass is 79.9. The molecule has 0 fully saturated rings. The first-order valence-corrected chi connectivity index (χ1v) is 6.48. The molecule has 0 spiro atoms. The van der Waals surface area contributed by atoms with Crippen molar-refractivity contribution in [3.63, 3.8) is 0 Å². The van der Waals surface area contributed by atoms with Crippen molar-refractivity contribution < 1.29 is 4.79 Å². The maximum absolute atomic E-state index is 11.6. The molecule has 0 bridgehead atoms. The molecule has 1 rings (SSSR count). The van der Waals surface area contributed by atoms with Crippen LogP contribution in [-0.4, -0.2) is 5.91 Å². The van der Waals surface area contributed by atoms with Gasteiger partial charge in [-0.25, -0.2) is 0 Å². The van der Waals surface area contributed by atoms with E-state index in [0.717, 1.165) is 35.0 Å². The number of hydrogen-bond acceptors (Lipinski definition) is 1. The SMILES string of the molecule is CCCCCC(=O)Nc1ccc(Br)c(C)c1. The van der Waals surface area contributed by atoms with Gasteiger partial charge in [-0.3, -0.25) is 4.79 Å². The van der Waals surface area contributed by atoms with Gasteiger partial charge in [0.05, 0.1) is 0 Å². The van der Waals surface area contributed by atoms with Gasteiger partial charge in [-0.2, -0.15) is 0 Å². The Hall–Kier alpha value is -0.830. The molecule has 3 heteroatoms. The molecule has 1 aromatic carbocycles. The third kappa shape index (κ3) is 4.35. The van der Waals surface area contributed by atoms with Crippen LogP contribution in [0.25, 0.3) is 0 Å². The molecule has 0 aliphatic rings. The Morgan fingerprint density at radius 3 is 2.75 bits per heavy atom. The lowest BCUT2D eigenvalue weighted by molar-refractivity contribution is -0.116. The first kappa shape index (κ1) is 13.2. The van der Waals surface area contributed by atoms with Crippen molar-refractivity contribution in [3.8, 4) is 0 Å². The van der Waals surface area contributed by atoms with E-state index < -0.39 is 0 Å². The number of hydrogen-bond donors (Lipinski definition) is 1. The van der Waals surface area contributed by atoms with E-state index in [9.17, 15) is 4.79 Å². The molecule has 88 valence electrons. The molecule has 2 nitrogen and oxygen atoms in total. The summed E-state index contributed by atoms with van der Waals surface area (Å²) in [5.74, 6) is 0.107. The van der Waals surface area contributed by atoms with Crippen LogP contribution < -0.4 is 5.32 Å². The van der Waals surface area contributed by atoms with Gasteiger partial charge in [-0.1, -0.05) is 35.7 Å². The van der Waals surface area contributed by atoms with E-state index >= 15 is 0 Å². The van der Waals surface area contributed by atoms with Crippen LogP contribution in [0.2, 0.25) is 0 Å². The Morgan fingerprint density at radius 1 is 1.38 bits per heavy atom. The topological polar surface area (TPSA) is 29.1 Å². The Labute approximate surface area is 106 Å². The molecule has 1 amide bonds. The average Bonchev–Trinajstić information content (AvgIpc) is 2.24. The standard InChI is InChI=1S/C13H18BrNO/c1-3-4-5-6-13(16)15-11-7-8-12(14)10(2)9-11/h7-9H,3-6H2,1-2H3,(H,15,16). The Morgan fingerprint density at radius 2 is 2.12 bits per heavy atom. The number of nitrogens with one attached hydrogen (secondary N) is 1. The maximum atomic E-state index is 11.6. The second kappa shape index (κ2) is 6.69. The van der Waals surface area contributed by atoms with Crippen molar-refractivity contribution in [2.24, 2.45) is 0 Å². The summed E-state index contributed by atoms with van der Waals surface area (Å²) in [5.41, 5.74) is 2.01. The van der Waals surface area contributed by atoms with Crippen LogP contribution in [0.3, 0.4) is 0 Å². The van der Waals surface area contributed by atoms with Crippen LogP contribution in [-0.2, 0) is 4.79 Å². The minimum Gasteiger partial charge on any atom is -0.326 e. The summed E-state index contributed by atoms with van der Waals surface area (Å²) in [6, 6.07) is 5.84. The quantitative estimate of drug-likeness (QED) is 0.803. The minimum absolute atomic E-state index is 0.107. The molecule has 0 aliphatic carbocycles. The summed E-state index contributed by atoms with van der Waals surface area (Å²) >= 11 is 3.43. The van der Waals surface area contributed by atoms with Gasteiger partial charge in [0.1, 0.15) is 0 Å². The first-order valence-electron chi connectivity index (χ1n) is 5.69. The number of halogens is 1. The van der Waals surface area contributed by atoms with Crippen molar-refractivity contribution >= 4 is 27.5 Å². The van der Waals surface area contributed by atoms with Gasteiger partial charge < -0.3 is 5.32 Å². The van der Waals surface area contributed by atoms with Crippen molar-refractivity contribution in [1.29, 1.82) is 0 Å². The molecule has 0 unspecified atom stereocenters. The summed E-state index contributed by atoms with van der Waals surface area (Å²) in [6.07, 6.45) is 3.85. The van der Waals surface area contributed by atoms with Crippen molar-refractivity contribution in [2.75, 3.05) is 5.32 Å². The second-order valence-electron chi connectivity index (χ2n) is 3.97. The first-order chi connectivity index (χ1) is 7.63. The fraction of sp³-hybridized carbons (Fsp3) is 0.462. The molecular formula is C13H18BrNO. The third-order valence-electron chi connectivity index (χ3n) is 2.45. The summed E-state index contributed by atoms with van der Waals surface area (Å²) in [7, 11) is 0. The van der Waals surface area contributed by atoms with Crippen LogP contribution in [0.1, 0.15) is 38.2 Å². The van der Waals surface area contributed by atoms with Crippen molar-refractivity contribution in [1.82, 2.24) is 0 Å². The zero-order chi connectivity index (χ0) is 12.0. The summed E-state index contributed by atoms with van der Waals surface area (Å²) in [6.45, 7) is 4.15. The largest absolute Gasteiger partial charge is 0.326 e. The summed E-state index contributed by atoms with van der Waals surface area (Å²) < 4.78 is 1.07. The van der Waals surface area contributed by atoms with Gasteiger partial charge in [-0.15, -0.1) is 0 Å². The number of rotatable bonds is 5. The zero-order valence-corrected chi connectivity index (χ0v) is 11.4. The van der Waals surface area contributed by atoms with Crippen LogP contribution in [0.4, 0.5) is 5.69 Å². The molecule has 1 N–H and O–H groups in total. The van der Waals surface area contributed by atoms with Crippen LogP contribution in [0.15, 0.2) is 22.7 Å². The van der Waals surface area contributed by atoms with Gasteiger partial charge in [0.2, 0.25) is 5.91 Å². The van der Waals surface area contributed by atoms with Gasteiger partial charge in [-0.05, 0) is 37.1 Å². The number of carbonyl (C=O) groups excluding carboxylic acids is 1. The lowest BCUT2D eigenvalue weighted by Crippen LogP contribution is -2.11. The van der Waals surface area contributed by atoms with E-state index in [4.69, 9.17) is 0 Å². The van der Waals surface area contributed by atoms with Gasteiger partial charge in [0.25, 0.3) is 0 Å². The zero-order valence-electron chi connectivity index (χ0n) is 9.85. The Balaban J connectivity index is 2.46. The lowest BCUT2D eigenvalue weighted by Gasteiger charge is -2.06. The summed E-state index contributed by atoms with van der Waals surface area (Å²) in [4.78, 5) is 11.6. The van der Waals surface area contributed by atoms with E-state index in [0.29, 0.717) is 6.42 Å². The molecule has 16 heavy (non-hydrogen) atoms. The fourth-order valence-corrected chi connectivity index (χ4v) is 1.73. The number of carbonyl (C=O) groups is 1. The number of unbranched alkanes of at least 4 members (excludes halogenated alkanes) is 2. The smallest absolute Gasteiger partial charge is 0.224 e. The summed E-state index contributed by atoms with van der Waals surface area (Å²) in [5, 5.41) is 2.91. The normalized spacial score (nSPS) is 10.2. The second-order valence-corrected chi connectivity index (χ2v) is 4.82. The highest BCUT2D eigenvalue weighted by molar-refractivity contribution is 9.10. The predicted octanol–water partition coefficient (Wildman–Crippen LogP) is 4.28. The van der Waals surface area contributed by atoms with Gasteiger partial charge in [0, 0.05) is 16.6 Å². The Kier molecular flexibility index (Phi) is 5.53. The van der Waals surface area contributed by atoms with E-state index in [2.05, 4.69) is 28.2 Å². The van der Waals surface area contributed by atoms with Crippen LogP contribution in [0.5, 0.6) is 0 Å². The molecule has 0 radical (unpaired) electrons. The average molecular weight is 284 g/mol. The van der Waals surface area contributed by atoms with E-state index in [1.807, 2.05) is 25.1 Å². The molecule has 0 saturated carbocycles. The molecule has 0 heterocycles. The predicted molar refractivity (Wildman–Crippen MR) is 71.7 cm³/mol. The molecule has 0 saturated heterocycles. The number of benzene rings is 1.